The van der Waals surface area contributed by atoms with Crippen LogP contribution < -0.4 is 10.6 Å². The number of urea groups is 1. The van der Waals surface area contributed by atoms with Crippen molar-refractivity contribution in [1.82, 2.24) is 24.9 Å². The van der Waals surface area contributed by atoms with E-state index in [1.165, 1.54) is 6.20 Å². The Kier molecular flexibility index (Phi) is 4.06. The zero-order valence-electron chi connectivity index (χ0n) is 11.2. The van der Waals surface area contributed by atoms with Gasteiger partial charge in [-0.3, -0.25) is 5.32 Å². The average Bonchev–Trinajstić information content (AvgIpc) is 3.12. The minimum absolute atomic E-state index is 0.245. The van der Waals surface area contributed by atoms with Crippen molar-refractivity contribution in [1.29, 1.82) is 0 Å². The molecule has 0 atom stereocenters. The minimum Gasteiger partial charge on any atom is -0.342 e. The number of hydrogen-bond donors (Lipinski definition) is 3. The van der Waals surface area contributed by atoms with Crippen LogP contribution in [0.25, 0.3) is 11.0 Å². The lowest BCUT2D eigenvalue weighted by atomic mass is 10.3. The topological polar surface area (TPSA) is 95.6 Å². The molecule has 7 nitrogen and oxygen atoms in total. The first-order valence-electron chi connectivity index (χ1n) is 6.57. The highest BCUT2D eigenvalue weighted by molar-refractivity contribution is 7.10. The number of para-hydroxylation sites is 2. The van der Waals surface area contributed by atoms with Gasteiger partial charge in [-0.05, 0) is 18.6 Å². The summed E-state index contributed by atoms with van der Waals surface area (Å²) in [6.07, 6.45) is 3.11. The fourth-order valence-electron chi connectivity index (χ4n) is 1.96. The number of nitrogens with zero attached hydrogens (tertiary/aromatic N) is 3. The van der Waals surface area contributed by atoms with Crippen molar-refractivity contribution in [2.24, 2.45) is 0 Å². The number of fused-ring (bicyclic) bond motifs is 1. The van der Waals surface area contributed by atoms with Crippen LogP contribution in [0, 0.1) is 0 Å². The SMILES string of the molecule is O=C(NCCCc1nc2ccccc2[nH]1)Nc1cnns1. The third-order valence-electron chi connectivity index (χ3n) is 2.91. The van der Waals surface area contributed by atoms with Crippen molar-refractivity contribution in [3.63, 3.8) is 0 Å². The van der Waals surface area contributed by atoms with E-state index in [4.69, 9.17) is 0 Å². The van der Waals surface area contributed by atoms with Gasteiger partial charge in [0.15, 0.2) is 0 Å². The molecule has 0 aliphatic rings. The molecule has 0 fully saturated rings. The number of aromatic nitrogens is 4. The van der Waals surface area contributed by atoms with E-state index in [0.717, 1.165) is 41.2 Å². The van der Waals surface area contributed by atoms with E-state index in [2.05, 4.69) is 30.2 Å². The summed E-state index contributed by atoms with van der Waals surface area (Å²) < 4.78 is 3.67. The van der Waals surface area contributed by atoms with Crippen LogP contribution in [0.5, 0.6) is 0 Å². The lowest BCUT2D eigenvalue weighted by Crippen LogP contribution is -2.29. The van der Waals surface area contributed by atoms with Gasteiger partial charge < -0.3 is 10.3 Å². The molecule has 1 aromatic carbocycles. The Bertz CT molecular complexity index is 690. The van der Waals surface area contributed by atoms with Gasteiger partial charge in [0.1, 0.15) is 10.8 Å². The molecule has 2 aromatic heterocycles. The van der Waals surface area contributed by atoms with Gasteiger partial charge in [-0.25, -0.2) is 9.78 Å². The molecule has 0 spiro atoms. The van der Waals surface area contributed by atoms with E-state index in [1.807, 2.05) is 24.3 Å². The number of aromatic amines is 1. The van der Waals surface area contributed by atoms with Crippen molar-refractivity contribution in [2.75, 3.05) is 11.9 Å². The van der Waals surface area contributed by atoms with Crippen LogP contribution in [-0.4, -0.2) is 32.1 Å². The third-order valence-corrected chi connectivity index (χ3v) is 3.49. The fraction of sp³-hybridized carbons (Fsp3) is 0.231. The number of H-pyrrole nitrogens is 1. The van der Waals surface area contributed by atoms with Gasteiger partial charge in [-0.2, -0.15) is 0 Å². The number of rotatable bonds is 5. The Morgan fingerprint density at radius 1 is 1.33 bits per heavy atom. The van der Waals surface area contributed by atoms with Gasteiger partial charge in [-0.15, -0.1) is 5.10 Å². The normalized spacial score (nSPS) is 10.7. The molecular weight excluding hydrogens is 288 g/mol. The first-order valence-corrected chi connectivity index (χ1v) is 7.34. The summed E-state index contributed by atoms with van der Waals surface area (Å²) in [4.78, 5) is 19.3. The van der Waals surface area contributed by atoms with Gasteiger partial charge in [0, 0.05) is 24.5 Å². The summed E-state index contributed by atoms with van der Waals surface area (Å²) in [5.41, 5.74) is 2.01. The quantitative estimate of drug-likeness (QED) is 0.629. The Balaban J connectivity index is 1.42. The second-order valence-electron chi connectivity index (χ2n) is 4.47. The Morgan fingerprint density at radius 3 is 3.05 bits per heavy atom. The van der Waals surface area contributed by atoms with Crippen LogP contribution in [0.15, 0.2) is 30.5 Å². The zero-order valence-corrected chi connectivity index (χ0v) is 12.0. The lowest BCUT2D eigenvalue weighted by Gasteiger charge is -2.04. The zero-order chi connectivity index (χ0) is 14.5. The number of aryl methyl sites for hydroxylation is 1. The molecule has 2 heterocycles. The standard InChI is InChI=1S/C13H14N6OS/c20-13(18-12-8-15-19-21-12)14-7-3-6-11-16-9-4-1-2-5-10(9)17-11/h1-2,4-5,8H,3,6-7H2,(H,16,17)(H2,14,18,20). The van der Waals surface area contributed by atoms with E-state index in [9.17, 15) is 4.79 Å². The van der Waals surface area contributed by atoms with Crippen molar-refractivity contribution >= 4 is 33.6 Å². The number of carbonyl (C=O) groups excluding carboxylic acids is 1. The molecule has 108 valence electrons. The molecule has 0 saturated carbocycles. The molecular formula is C13H14N6OS. The first kappa shape index (κ1) is 13.5. The molecule has 0 saturated heterocycles. The molecule has 8 heteroatoms. The maximum atomic E-state index is 11.6. The van der Waals surface area contributed by atoms with Gasteiger partial charge in [0.25, 0.3) is 0 Å². The van der Waals surface area contributed by atoms with Gasteiger partial charge in [0.2, 0.25) is 0 Å². The summed E-state index contributed by atoms with van der Waals surface area (Å²) in [5, 5.41) is 9.72. The predicted molar refractivity (Wildman–Crippen MR) is 81.3 cm³/mol. The van der Waals surface area contributed by atoms with E-state index in [-0.39, 0.29) is 6.03 Å². The van der Waals surface area contributed by atoms with Crippen molar-refractivity contribution in [3.8, 4) is 0 Å². The number of imidazole rings is 1. The fourth-order valence-corrected chi connectivity index (χ4v) is 2.37. The lowest BCUT2D eigenvalue weighted by molar-refractivity contribution is 0.252. The Morgan fingerprint density at radius 2 is 2.24 bits per heavy atom. The minimum atomic E-state index is -0.245. The van der Waals surface area contributed by atoms with Gasteiger partial charge >= 0.3 is 6.03 Å². The summed E-state index contributed by atoms with van der Waals surface area (Å²) >= 11 is 1.14. The maximum absolute atomic E-state index is 11.6. The predicted octanol–water partition coefficient (Wildman–Crippen LogP) is 2.17. The van der Waals surface area contributed by atoms with Crippen molar-refractivity contribution < 1.29 is 4.79 Å². The average molecular weight is 302 g/mol. The van der Waals surface area contributed by atoms with E-state index in [1.54, 1.807) is 0 Å². The van der Waals surface area contributed by atoms with Crippen LogP contribution in [0.2, 0.25) is 0 Å². The number of benzene rings is 1. The first-order chi connectivity index (χ1) is 10.3. The summed E-state index contributed by atoms with van der Waals surface area (Å²) in [7, 11) is 0. The second-order valence-corrected chi connectivity index (χ2v) is 5.25. The van der Waals surface area contributed by atoms with Gasteiger partial charge in [-0.1, -0.05) is 16.6 Å². The monoisotopic (exact) mass is 302 g/mol. The smallest absolute Gasteiger partial charge is 0.319 e. The molecule has 21 heavy (non-hydrogen) atoms. The largest absolute Gasteiger partial charge is 0.342 e. The molecule has 0 radical (unpaired) electrons. The number of hydrogen-bond acceptors (Lipinski definition) is 5. The van der Waals surface area contributed by atoms with Gasteiger partial charge in [0.05, 0.1) is 17.2 Å². The number of nitrogens with one attached hydrogen (secondary N) is 3. The molecule has 3 N–H and O–H groups in total. The van der Waals surface area contributed by atoms with Crippen LogP contribution in [-0.2, 0) is 6.42 Å². The van der Waals surface area contributed by atoms with Crippen LogP contribution in [0.3, 0.4) is 0 Å². The molecule has 0 aliphatic heterocycles. The Hall–Kier alpha value is -2.48. The molecule has 0 bridgehead atoms. The highest BCUT2D eigenvalue weighted by atomic mass is 32.1. The number of anilines is 1. The van der Waals surface area contributed by atoms with Crippen molar-refractivity contribution in [2.45, 2.75) is 12.8 Å². The highest BCUT2D eigenvalue weighted by Crippen LogP contribution is 2.11. The molecule has 0 aliphatic carbocycles. The molecule has 3 rings (SSSR count). The van der Waals surface area contributed by atoms with Crippen LogP contribution >= 0.6 is 11.5 Å². The van der Waals surface area contributed by atoms with Crippen LogP contribution in [0.1, 0.15) is 12.2 Å². The van der Waals surface area contributed by atoms with Crippen LogP contribution in [0.4, 0.5) is 9.80 Å². The number of carbonyl (C=O) groups is 1. The van der Waals surface area contributed by atoms with E-state index in [0.29, 0.717) is 11.5 Å². The molecule has 0 unspecified atom stereocenters. The van der Waals surface area contributed by atoms with Crippen molar-refractivity contribution in [3.05, 3.63) is 36.3 Å². The molecule has 3 aromatic rings. The second kappa shape index (κ2) is 6.31. The Labute approximate surface area is 125 Å². The summed E-state index contributed by atoms with van der Waals surface area (Å²) in [6, 6.07) is 7.67. The summed E-state index contributed by atoms with van der Waals surface area (Å²) in [5.74, 6) is 0.935. The molecule has 2 amide bonds. The third kappa shape index (κ3) is 3.54. The summed E-state index contributed by atoms with van der Waals surface area (Å²) in [6.45, 7) is 0.578. The maximum Gasteiger partial charge on any atom is 0.319 e. The van der Waals surface area contributed by atoms with E-state index >= 15 is 0 Å². The highest BCUT2D eigenvalue weighted by Gasteiger charge is 2.04. The van der Waals surface area contributed by atoms with E-state index < -0.39 is 0 Å². The number of amides is 2.